The average molecular weight is 337 g/mol. The number of amides is 1. The smallest absolute Gasteiger partial charge is 0.254 e. The topological polar surface area (TPSA) is 49.8 Å². The van der Waals surface area contributed by atoms with Gasteiger partial charge in [-0.15, -0.1) is 0 Å². The normalized spacial score (nSPS) is 22.0. The van der Waals surface area contributed by atoms with Gasteiger partial charge >= 0.3 is 0 Å². The molecule has 0 aromatic heterocycles. The van der Waals surface area contributed by atoms with Gasteiger partial charge in [0, 0.05) is 24.1 Å². The first-order valence-electron chi connectivity index (χ1n) is 8.95. The van der Waals surface area contributed by atoms with E-state index < -0.39 is 0 Å². The molecule has 2 aliphatic rings. The van der Waals surface area contributed by atoms with Crippen molar-refractivity contribution >= 4 is 5.91 Å². The molecule has 1 amide bonds. The fraction of sp³-hybridized carbons (Fsp3) is 0.381. The van der Waals surface area contributed by atoms with Gasteiger partial charge in [0.1, 0.15) is 0 Å². The predicted octanol–water partition coefficient (Wildman–Crippen LogP) is 3.74. The summed E-state index contributed by atoms with van der Waals surface area (Å²) in [7, 11) is 1.51. The molecule has 1 aliphatic heterocycles. The third kappa shape index (κ3) is 2.76. The van der Waals surface area contributed by atoms with Crippen LogP contribution in [0.25, 0.3) is 0 Å². The molecule has 1 aliphatic carbocycles. The lowest BCUT2D eigenvalue weighted by Gasteiger charge is -2.45. The number of phenols is 1. The number of aryl methyl sites for hydroxylation is 1. The molecule has 0 bridgehead atoms. The molecular weight excluding hydrogens is 314 g/mol. The lowest BCUT2D eigenvalue weighted by molar-refractivity contribution is 0.0546. The van der Waals surface area contributed by atoms with E-state index in [0.29, 0.717) is 17.2 Å². The summed E-state index contributed by atoms with van der Waals surface area (Å²) in [5, 5.41) is 10.0. The van der Waals surface area contributed by atoms with Gasteiger partial charge in [-0.05, 0) is 55.0 Å². The third-order valence-corrected chi connectivity index (χ3v) is 5.63. The standard InChI is InChI=1S/C21H23NO3/c1-25-20-11-9-15(13-19(20)23)21(24)22-12-4-7-17-16-6-3-2-5-14(16)8-10-18(17)22/h2-3,5-6,9,11,13,17-18,23H,4,7-8,10,12H2,1H3/t17?,18-/m0/s1. The molecule has 2 atom stereocenters. The molecule has 4 heteroatoms. The lowest BCUT2D eigenvalue weighted by Crippen LogP contribution is -2.49. The SMILES string of the molecule is COc1ccc(C(=O)N2CCCC3c4ccccc4CC[C@@H]32)cc1O. The van der Waals surface area contributed by atoms with E-state index in [2.05, 4.69) is 24.3 Å². The zero-order valence-corrected chi connectivity index (χ0v) is 14.4. The van der Waals surface area contributed by atoms with Crippen molar-refractivity contribution in [3.8, 4) is 11.5 Å². The second-order valence-corrected chi connectivity index (χ2v) is 6.94. The van der Waals surface area contributed by atoms with E-state index in [0.717, 1.165) is 32.2 Å². The molecule has 1 fully saturated rings. The monoisotopic (exact) mass is 337 g/mol. The van der Waals surface area contributed by atoms with Crippen LogP contribution < -0.4 is 4.74 Å². The summed E-state index contributed by atoms with van der Waals surface area (Å²) in [6, 6.07) is 13.8. The minimum Gasteiger partial charge on any atom is -0.504 e. The minimum absolute atomic E-state index is 0.00651. The second kappa shape index (κ2) is 6.43. The highest BCUT2D eigenvalue weighted by atomic mass is 16.5. The van der Waals surface area contributed by atoms with Crippen LogP contribution in [0, 0.1) is 0 Å². The Hall–Kier alpha value is -2.49. The van der Waals surface area contributed by atoms with Crippen LogP contribution in [-0.2, 0) is 6.42 Å². The fourth-order valence-corrected chi connectivity index (χ4v) is 4.44. The summed E-state index contributed by atoms with van der Waals surface area (Å²) in [6.07, 6.45) is 4.19. The van der Waals surface area contributed by atoms with Crippen molar-refractivity contribution in [1.29, 1.82) is 0 Å². The summed E-state index contributed by atoms with van der Waals surface area (Å²) < 4.78 is 5.08. The van der Waals surface area contributed by atoms with Crippen LogP contribution in [-0.4, -0.2) is 35.6 Å². The van der Waals surface area contributed by atoms with Crippen LogP contribution >= 0.6 is 0 Å². The van der Waals surface area contributed by atoms with Crippen molar-refractivity contribution in [2.75, 3.05) is 13.7 Å². The molecule has 130 valence electrons. The molecule has 1 saturated heterocycles. The number of piperidine rings is 1. The van der Waals surface area contributed by atoms with Gasteiger partial charge in [0.15, 0.2) is 11.5 Å². The Morgan fingerprint density at radius 1 is 1.20 bits per heavy atom. The average Bonchev–Trinajstić information content (AvgIpc) is 2.66. The number of phenolic OH excluding ortho intramolecular Hbond substituents is 1. The van der Waals surface area contributed by atoms with Gasteiger partial charge in [-0.2, -0.15) is 0 Å². The maximum absolute atomic E-state index is 13.1. The Morgan fingerprint density at radius 3 is 2.84 bits per heavy atom. The summed E-state index contributed by atoms with van der Waals surface area (Å²) in [4.78, 5) is 15.1. The van der Waals surface area contributed by atoms with Gasteiger partial charge in [0.25, 0.3) is 5.91 Å². The number of rotatable bonds is 2. The molecule has 0 saturated carbocycles. The van der Waals surface area contributed by atoms with Gasteiger partial charge in [-0.1, -0.05) is 24.3 Å². The molecule has 1 heterocycles. The maximum atomic E-state index is 13.1. The van der Waals surface area contributed by atoms with Gasteiger partial charge < -0.3 is 14.7 Å². The van der Waals surface area contributed by atoms with Crippen molar-refractivity contribution in [3.05, 3.63) is 59.2 Å². The molecule has 4 rings (SSSR count). The van der Waals surface area contributed by atoms with Gasteiger partial charge in [-0.25, -0.2) is 0 Å². The highest BCUT2D eigenvalue weighted by molar-refractivity contribution is 5.95. The maximum Gasteiger partial charge on any atom is 0.254 e. The number of nitrogens with zero attached hydrogens (tertiary/aromatic N) is 1. The number of fused-ring (bicyclic) bond motifs is 3. The van der Waals surface area contributed by atoms with E-state index >= 15 is 0 Å². The van der Waals surface area contributed by atoms with Crippen molar-refractivity contribution < 1.29 is 14.6 Å². The van der Waals surface area contributed by atoms with Crippen LogP contribution in [0.15, 0.2) is 42.5 Å². The van der Waals surface area contributed by atoms with E-state index in [1.165, 1.54) is 24.3 Å². The van der Waals surface area contributed by atoms with Gasteiger partial charge in [0.2, 0.25) is 0 Å². The number of ether oxygens (including phenoxy) is 1. The van der Waals surface area contributed by atoms with E-state index in [1.54, 1.807) is 12.1 Å². The predicted molar refractivity (Wildman–Crippen MR) is 96.2 cm³/mol. The van der Waals surface area contributed by atoms with Crippen LogP contribution in [0.3, 0.4) is 0 Å². The first kappa shape index (κ1) is 16.0. The minimum atomic E-state index is 0.00651. The van der Waals surface area contributed by atoms with Crippen LogP contribution in [0.2, 0.25) is 0 Å². The van der Waals surface area contributed by atoms with Crippen molar-refractivity contribution in [2.45, 2.75) is 37.6 Å². The van der Waals surface area contributed by atoms with E-state index in [1.807, 2.05) is 4.90 Å². The summed E-state index contributed by atoms with van der Waals surface area (Å²) >= 11 is 0. The molecule has 1 unspecified atom stereocenters. The molecule has 2 aromatic rings. The van der Waals surface area contributed by atoms with Crippen molar-refractivity contribution in [3.63, 3.8) is 0 Å². The zero-order valence-electron chi connectivity index (χ0n) is 14.4. The molecule has 0 radical (unpaired) electrons. The Morgan fingerprint density at radius 2 is 2.04 bits per heavy atom. The van der Waals surface area contributed by atoms with E-state index in [4.69, 9.17) is 4.74 Å². The number of benzene rings is 2. The Labute approximate surface area is 148 Å². The van der Waals surface area contributed by atoms with Crippen molar-refractivity contribution in [2.24, 2.45) is 0 Å². The van der Waals surface area contributed by atoms with Crippen molar-refractivity contribution in [1.82, 2.24) is 4.90 Å². The molecule has 25 heavy (non-hydrogen) atoms. The van der Waals surface area contributed by atoms with Crippen LogP contribution in [0.1, 0.15) is 46.7 Å². The number of hydrogen-bond acceptors (Lipinski definition) is 3. The summed E-state index contributed by atoms with van der Waals surface area (Å²) in [5.41, 5.74) is 3.37. The van der Waals surface area contributed by atoms with Gasteiger partial charge in [0.05, 0.1) is 7.11 Å². The highest BCUT2D eigenvalue weighted by Gasteiger charge is 2.38. The number of aromatic hydroxyl groups is 1. The summed E-state index contributed by atoms with van der Waals surface area (Å²) in [6.45, 7) is 0.787. The van der Waals surface area contributed by atoms with Crippen LogP contribution in [0.4, 0.5) is 0 Å². The second-order valence-electron chi connectivity index (χ2n) is 6.94. The molecule has 1 N–H and O–H groups in total. The molecule has 4 nitrogen and oxygen atoms in total. The largest absolute Gasteiger partial charge is 0.504 e. The van der Waals surface area contributed by atoms with Gasteiger partial charge in [-0.3, -0.25) is 4.79 Å². The highest BCUT2D eigenvalue weighted by Crippen LogP contribution is 2.41. The Balaban J connectivity index is 1.63. The third-order valence-electron chi connectivity index (χ3n) is 5.63. The summed E-state index contributed by atoms with van der Waals surface area (Å²) in [5.74, 6) is 0.831. The number of methoxy groups -OCH3 is 1. The lowest BCUT2D eigenvalue weighted by atomic mass is 9.74. The molecule has 2 aromatic carbocycles. The first-order chi connectivity index (χ1) is 12.2. The number of carbonyl (C=O) groups is 1. The first-order valence-corrected chi connectivity index (χ1v) is 8.95. The molecular formula is C21H23NO3. The van der Waals surface area contributed by atoms with E-state index in [9.17, 15) is 9.90 Å². The Bertz CT molecular complexity index is 801. The van der Waals surface area contributed by atoms with Crippen LogP contribution in [0.5, 0.6) is 11.5 Å². The molecule has 0 spiro atoms. The zero-order chi connectivity index (χ0) is 17.4. The quantitative estimate of drug-likeness (QED) is 0.908. The fourth-order valence-electron chi connectivity index (χ4n) is 4.44. The number of carbonyl (C=O) groups excluding carboxylic acids is 1. The Kier molecular flexibility index (Phi) is 4.12. The number of hydrogen-bond donors (Lipinski definition) is 1. The van der Waals surface area contributed by atoms with E-state index in [-0.39, 0.29) is 17.7 Å². The number of likely N-dealkylation sites (tertiary alicyclic amines) is 1.